The van der Waals surface area contributed by atoms with Gasteiger partial charge in [0, 0.05) is 49.4 Å². The number of benzene rings is 1. The topological polar surface area (TPSA) is 68.8 Å². The molecule has 0 saturated carbocycles. The van der Waals surface area contributed by atoms with Gasteiger partial charge in [-0.3, -0.25) is 14.7 Å². The number of hydrogen-bond donors (Lipinski definition) is 3. The Morgan fingerprint density at radius 2 is 1.93 bits per heavy atom. The maximum atomic E-state index is 11.9. The van der Waals surface area contributed by atoms with E-state index in [9.17, 15) is 4.79 Å². The standard InChI is InChI=1S/C21H35N5OS.HI/c1-4-12-23-20(27)16-26-13-10-18(11-14-26)25-21(22-3)24-15-17(2)28-19-8-6-5-7-9-19;/h5-9,17-18H,4,10-16H2,1-3H3,(H,23,27)(H2,22,24,25);1H. The van der Waals surface area contributed by atoms with Crippen molar-refractivity contribution in [3.05, 3.63) is 30.3 Å². The Morgan fingerprint density at radius 3 is 2.55 bits per heavy atom. The van der Waals surface area contributed by atoms with E-state index in [0.717, 1.165) is 51.4 Å². The van der Waals surface area contributed by atoms with E-state index >= 15 is 0 Å². The molecule has 0 spiro atoms. The molecule has 1 amide bonds. The summed E-state index contributed by atoms with van der Waals surface area (Å²) in [7, 11) is 1.82. The van der Waals surface area contributed by atoms with E-state index < -0.39 is 0 Å². The summed E-state index contributed by atoms with van der Waals surface area (Å²) in [5.41, 5.74) is 0. The molecular formula is C21H36IN5OS. The van der Waals surface area contributed by atoms with Gasteiger partial charge in [-0.05, 0) is 31.4 Å². The highest BCUT2D eigenvalue weighted by atomic mass is 127. The van der Waals surface area contributed by atoms with Crippen molar-refractivity contribution < 1.29 is 4.79 Å². The van der Waals surface area contributed by atoms with Gasteiger partial charge in [0.05, 0.1) is 6.54 Å². The summed E-state index contributed by atoms with van der Waals surface area (Å²) in [6, 6.07) is 10.9. The summed E-state index contributed by atoms with van der Waals surface area (Å²) in [4.78, 5) is 19.7. The van der Waals surface area contributed by atoms with E-state index in [1.807, 2.05) is 24.9 Å². The lowest BCUT2D eigenvalue weighted by Gasteiger charge is -2.32. The van der Waals surface area contributed by atoms with Gasteiger partial charge in [-0.15, -0.1) is 35.7 Å². The molecule has 2 rings (SSSR count). The van der Waals surface area contributed by atoms with Crippen LogP contribution in [-0.2, 0) is 4.79 Å². The molecule has 1 fully saturated rings. The highest BCUT2D eigenvalue weighted by molar-refractivity contribution is 14.0. The number of guanidine groups is 1. The van der Waals surface area contributed by atoms with Crippen LogP contribution in [0.2, 0.25) is 0 Å². The number of nitrogens with zero attached hydrogens (tertiary/aromatic N) is 2. The zero-order valence-electron chi connectivity index (χ0n) is 17.8. The molecule has 1 unspecified atom stereocenters. The monoisotopic (exact) mass is 533 g/mol. The lowest BCUT2D eigenvalue weighted by molar-refractivity contribution is -0.122. The molecule has 0 aromatic heterocycles. The fourth-order valence-corrected chi connectivity index (χ4v) is 4.11. The first-order valence-electron chi connectivity index (χ1n) is 10.3. The second-order valence-electron chi connectivity index (χ2n) is 7.24. The Labute approximate surface area is 197 Å². The molecule has 29 heavy (non-hydrogen) atoms. The number of likely N-dealkylation sites (tertiary alicyclic amines) is 1. The van der Waals surface area contributed by atoms with Crippen molar-refractivity contribution in [2.75, 3.05) is 39.8 Å². The van der Waals surface area contributed by atoms with Crippen LogP contribution in [0.25, 0.3) is 0 Å². The van der Waals surface area contributed by atoms with Gasteiger partial charge in [0.25, 0.3) is 0 Å². The smallest absolute Gasteiger partial charge is 0.234 e. The van der Waals surface area contributed by atoms with Crippen molar-refractivity contribution in [1.29, 1.82) is 0 Å². The molecule has 8 heteroatoms. The molecular weight excluding hydrogens is 497 g/mol. The lowest BCUT2D eigenvalue weighted by atomic mass is 10.1. The molecule has 1 aliphatic heterocycles. The Morgan fingerprint density at radius 1 is 1.24 bits per heavy atom. The van der Waals surface area contributed by atoms with Gasteiger partial charge in [-0.1, -0.05) is 32.0 Å². The molecule has 3 N–H and O–H groups in total. The van der Waals surface area contributed by atoms with Crippen molar-refractivity contribution in [1.82, 2.24) is 20.9 Å². The number of amides is 1. The average molecular weight is 534 g/mol. The van der Waals surface area contributed by atoms with Crippen LogP contribution < -0.4 is 16.0 Å². The number of hydrogen-bond acceptors (Lipinski definition) is 4. The first-order chi connectivity index (χ1) is 13.6. The molecule has 0 bridgehead atoms. The molecule has 1 aliphatic rings. The summed E-state index contributed by atoms with van der Waals surface area (Å²) in [6.07, 6.45) is 3.03. The third-order valence-electron chi connectivity index (χ3n) is 4.73. The number of nitrogens with one attached hydrogen (secondary N) is 3. The van der Waals surface area contributed by atoms with Gasteiger partial charge in [0.1, 0.15) is 0 Å². The Kier molecular flexibility index (Phi) is 13.4. The van der Waals surface area contributed by atoms with E-state index in [1.54, 1.807) is 0 Å². The molecule has 1 heterocycles. The van der Waals surface area contributed by atoms with Crippen LogP contribution in [0.15, 0.2) is 40.2 Å². The molecule has 1 aromatic carbocycles. The first kappa shape index (κ1) is 26.0. The molecule has 164 valence electrons. The van der Waals surface area contributed by atoms with Crippen molar-refractivity contribution >= 4 is 47.6 Å². The fraction of sp³-hybridized carbons (Fsp3) is 0.619. The van der Waals surface area contributed by atoms with E-state index in [4.69, 9.17) is 0 Å². The second kappa shape index (κ2) is 14.9. The second-order valence-corrected chi connectivity index (χ2v) is 8.75. The van der Waals surface area contributed by atoms with Gasteiger partial charge < -0.3 is 16.0 Å². The van der Waals surface area contributed by atoms with Crippen LogP contribution >= 0.6 is 35.7 Å². The summed E-state index contributed by atoms with van der Waals surface area (Å²) >= 11 is 1.86. The number of piperidine rings is 1. The van der Waals surface area contributed by atoms with Crippen LogP contribution in [0.3, 0.4) is 0 Å². The first-order valence-corrected chi connectivity index (χ1v) is 11.2. The molecule has 1 aromatic rings. The number of carbonyl (C=O) groups is 1. The van der Waals surface area contributed by atoms with Crippen LogP contribution in [-0.4, -0.2) is 67.8 Å². The lowest BCUT2D eigenvalue weighted by Crippen LogP contribution is -2.50. The Hall–Kier alpha value is -1.000. The third-order valence-corrected chi connectivity index (χ3v) is 5.84. The van der Waals surface area contributed by atoms with Crippen LogP contribution in [0.4, 0.5) is 0 Å². The zero-order valence-corrected chi connectivity index (χ0v) is 21.0. The molecule has 1 saturated heterocycles. The number of carbonyl (C=O) groups excluding carboxylic acids is 1. The predicted molar refractivity (Wildman–Crippen MR) is 134 cm³/mol. The summed E-state index contributed by atoms with van der Waals surface area (Å²) < 4.78 is 0. The van der Waals surface area contributed by atoms with Crippen molar-refractivity contribution in [3.8, 4) is 0 Å². The highest BCUT2D eigenvalue weighted by Gasteiger charge is 2.21. The van der Waals surface area contributed by atoms with Crippen LogP contribution in [0, 0.1) is 0 Å². The van der Waals surface area contributed by atoms with E-state index in [1.165, 1.54) is 4.90 Å². The van der Waals surface area contributed by atoms with Crippen molar-refractivity contribution in [3.63, 3.8) is 0 Å². The summed E-state index contributed by atoms with van der Waals surface area (Å²) in [6.45, 7) is 8.30. The minimum absolute atomic E-state index is 0. The zero-order chi connectivity index (χ0) is 20.2. The summed E-state index contributed by atoms with van der Waals surface area (Å²) in [5, 5.41) is 10.4. The molecule has 0 radical (unpaired) electrons. The summed E-state index contributed by atoms with van der Waals surface area (Å²) in [5.74, 6) is 0.996. The van der Waals surface area contributed by atoms with Gasteiger partial charge in [0.2, 0.25) is 5.91 Å². The van der Waals surface area contributed by atoms with E-state index in [-0.39, 0.29) is 29.9 Å². The molecule has 1 atom stereocenters. The van der Waals surface area contributed by atoms with Crippen molar-refractivity contribution in [2.45, 2.75) is 49.3 Å². The normalized spacial score (nSPS) is 16.6. The number of rotatable bonds is 9. The Balaban J connectivity index is 0.00000420. The Bertz CT molecular complexity index is 608. The van der Waals surface area contributed by atoms with Crippen LogP contribution in [0.5, 0.6) is 0 Å². The molecule has 0 aliphatic carbocycles. The SMILES string of the molecule is CCCNC(=O)CN1CCC(NC(=NC)NCC(C)Sc2ccccc2)CC1.I. The van der Waals surface area contributed by atoms with Gasteiger partial charge in [-0.2, -0.15) is 0 Å². The fourth-order valence-electron chi connectivity index (χ4n) is 3.16. The third kappa shape index (κ3) is 10.5. The number of thioether (sulfide) groups is 1. The largest absolute Gasteiger partial charge is 0.355 e. The minimum Gasteiger partial charge on any atom is -0.355 e. The predicted octanol–water partition coefficient (Wildman–Crippen LogP) is 2.94. The minimum atomic E-state index is 0. The maximum Gasteiger partial charge on any atom is 0.234 e. The number of aliphatic imine (C=N–C) groups is 1. The quantitative estimate of drug-likeness (QED) is 0.197. The average Bonchev–Trinajstić information content (AvgIpc) is 2.71. The van der Waals surface area contributed by atoms with Crippen molar-refractivity contribution in [2.24, 2.45) is 4.99 Å². The highest BCUT2D eigenvalue weighted by Crippen LogP contribution is 2.21. The van der Waals surface area contributed by atoms with Crippen LogP contribution in [0.1, 0.15) is 33.1 Å². The van der Waals surface area contributed by atoms with E-state index in [0.29, 0.717) is 17.8 Å². The molecule has 6 nitrogen and oxygen atoms in total. The number of halogens is 1. The van der Waals surface area contributed by atoms with Gasteiger partial charge >= 0.3 is 0 Å². The maximum absolute atomic E-state index is 11.9. The van der Waals surface area contributed by atoms with Gasteiger partial charge in [-0.25, -0.2) is 0 Å². The van der Waals surface area contributed by atoms with E-state index in [2.05, 4.69) is 64.0 Å². The van der Waals surface area contributed by atoms with Gasteiger partial charge in [0.15, 0.2) is 5.96 Å².